The summed E-state index contributed by atoms with van der Waals surface area (Å²) in [5.74, 6) is 0.355. The lowest BCUT2D eigenvalue weighted by atomic mass is 10.2. The summed E-state index contributed by atoms with van der Waals surface area (Å²) in [7, 11) is -2.04. The molecule has 3 N–H and O–H groups in total. The van der Waals surface area contributed by atoms with Crippen molar-refractivity contribution < 1.29 is 18.3 Å². The molecule has 0 aliphatic rings. The Labute approximate surface area is 146 Å². The normalized spacial score (nSPS) is 12.8. The summed E-state index contributed by atoms with van der Waals surface area (Å²) in [5.41, 5.74) is 0.234. The van der Waals surface area contributed by atoms with Gasteiger partial charge in [-0.2, -0.15) is 5.10 Å². The summed E-state index contributed by atoms with van der Waals surface area (Å²) < 4.78 is 28.4. The van der Waals surface area contributed by atoms with Crippen LogP contribution in [0.3, 0.4) is 0 Å². The van der Waals surface area contributed by atoms with Crippen LogP contribution in [0, 0.1) is 0 Å². The largest absolute Gasteiger partial charge is 0.395 e. The van der Waals surface area contributed by atoms with Gasteiger partial charge >= 0.3 is 0 Å². The highest BCUT2D eigenvalue weighted by atomic mass is 32.2. The highest BCUT2D eigenvalue weighted by Gasteiger charge is 2.18. The molecule has 2 aromatic rings. The average molecular weight is 367 g/mol. The Hall–Kier alpha value is -2.30. The number of carbonyl (C=O) groups excluding carboxylic acids is 1. The second-order valence-electron chi connectivity index (χ2n) is 5.54. The van der Waals surface area contributed by atoms with Crippen molar-refractivity contribution in [1.82, 2.24) is 24.8 Å². The second kappa shape index (κ2) is 8.19. The molecule has 1 atom stereocenters. The molecule has 0 aliphatic heterocycles. The van der Waals surface area contributed by atoms with Gasteiger partial charge in [-0.3, -0.25) is 9.48 Å². The van der Waals surface area contributed by atoms with Crippen molar-refractivity contribution in [2.75, 3.05) is 13.2 Å². The SMILES string of the molecule is C[C@H](CO)NS(=O)(=O)c1cccc(C(=O)NCCc2ncnn2C)c1. The number of rotatable bonds is 8. The van der Waals surface area contributed by atoms with Gasteiger partial charge in [-0.25, -0.2) is 18.1 Å². The maximum atomic E-state index is 12.2. The quantitative estimate of drug-likeness (QED) is 0.574. The summed E-state index contributed by atoms with van der Waals surface area (Å²) in [5, 5.41) is 15.6. The van der Waals surface area contributed by atoms with E-state index in [1.165, 1.54) is 30.6 Å². The average Bonchev–Trinajstić information content (AvgIpc) is 2.99. The van der Waals surface area contributed by atoms with Crippen molar-refractivity contribution >= 4 is 15.9 Å². The van der Waals surface area contributed by atoms with Gasteiger partial charge in [0.05, 0.1) is 11.5 Å². The van der Waals surface area contributed by atoms with Gasteiger partial charge in [0.15, 0.2) is 0 Å². The first-order chi connectivity index (χ1) is 11.8. The molecule has 10 heteroatoms. The number of hydrogen-bond acceptors (Lipinski definition) is 6. The zero-order valence-electron chi connectivity index (χ0n) is 14.0. The highest BCUT2D eigenvalue weighted by molar-refractivity contribution is 7.89. The van der Waals surface area contributed by atoms with E-state index < -0.39 is 16.1 Å². The summed E-state index contributed by atoms with van der Waals surface area (Å²) in [4.78, 5) is 16.2. The molecule has 0 bridgehead atoms. The molecule has 1 aromatic heterocycles. The number of nitrogens with zero attached hydrogens (tertiary/aromatic N) is 3. The van der Waals surface area contributed by atoms with Gasteiger partial charge in [-0.05, 0) is 25.1 Å². The van der Waals surface area contributed by atoms with Crippen molar-refractivity contribution in [1.29, 1.82) is 0 Å². The number of sulfonamides is 1. The van der Waals surface area contributed by atoms with Crippen molar-refractivity contribution in [3.05, 3.63) is 42.0 Å². The molecule has 0 saturated heterocycles. The molecule has 1 heterocycles. The molecule has 1 amide bonds. The van der Waals surface area contributed by atoms with Gasteiger partial charge in [0.1, 0.15) is 12.2 Å². The van der Waals surface area contributed by atoms with Crippen LogP contribution in [0.1, 0.15) is 23.1 Å². The molecule has 2 rings (SSSR count). The molecule has 0 fully saturated rings. The molecule has 136 valence electrons. The van der Waals surface area contributed by atoms with E-state index in [0.29, 0.717) is 13.0 Å². The number of aliphatic hydroxyl groups is 1. The van der Waals surface area contributed by atoms with E-state index in [0.717, 1.165) is 5.82 Å². The third-order valence-electron chi connectivity index (χ3n) is 3.48. The van der Waals surface area contributed by atoms with E-state index in [1.807, 2.05) is 0 Å². The topological polar surface area (TPSA) is 126 Å². The Morgan fingerprint density at radius 3 is 2.80 bits per heavy atom. The molecule has 0 spiro atoms. The first-order valence-corrected chi connectivity index (χ1v) is 9.16. The number of benzene rings is 1. The maximum Gasteiger partial charge on any atom is 0.251 e. The Morgan fingerprint density at radius 2 is 2.16 bits per heavy atom. The van der Waals surface area contributed by atoms with Gasteiger partial charge in [0.2, 0.25) is 10.0 Å². The van der Waals surface area contributed by atoms with Crippen LogP contribution in [0.5, 0.6) is 0 Å². The van der Waals surface area contributed by atoms with Gasteiger partial charge in [-0.1, -0.05) is 6.07 Å². The van der Waals surface area contributed by atoms with Crippen LogP contribution in [0.15, 0.2) is 35.5 Å². The summed E-state index contributed by atoms with van der Waals surface area (Å²) in [6.07, 6.45) is 1.95. The zero-order chi connectivity index (χ0) is 18.4. The third kappa shape index (κ3) is 5.08. The number of amides is 1. The number of aromatic nitrogens is 3. The number of hydrogen-bond donors (Lipinski definition) is 3. The Morgan fingerprint density at radius 1 is 1.40 bits per heavy atom. The Bertz CT molecular complexity index is 834. The van der Waals surface area contributed by atoms with Crippen molar-refractivity contribution in [3.8, 4) is 0 Å². The molecule has 0 unspecified atom stereocenters. The number of aliphatic hydroxyl groups excluding tert-OH is 1. The number of nitrogens with one attached hydrogen (secondary N) is 2. The zero-order valence-corrected chi connectivity index (χ0v) is 14.8. The molecule has 1 aromatic carbocycles. The van der Waals surface area contributed by atoms with E-state index in [4.69, 9.17) is 5.11 Å². The third-order valence-corrected chi connectivity index (χ3v) is 5.06. The van der Waals surface area contributed by atoms with Crippen LogP contribution in [-0.4, -0.2) is 53.4 Å². The summed E-state index contributed by atoms with van der Waals surface area (Å²) in [6.45, 7) is 1.57. The molecular formula is C15H21N5O4S. The summed E-state index contributed by atoms with van der Waals surface area (Å²) >= 11 is 0. The van der Waals surface area contributed by atoms with E-state index in [9.17, 15) is 13.2 Å². The van der Waals surface area contributed by atoms with E-state index >= 15 is 0 Å². The van der Waals surface area contributed by atoms with Gasteiger partial charge in [-0.15, -0.1) is 0 Å². The molecule has 25 heavy (non-hydrogen) atoms. The van der Waals surface area contributed by atoms with Crippen molar-refractivity contribution in [2.45, 2.75) is 24.3 Å². The summed E-state index contributed by atoms with van der Waals surface area (Å²) in [6, 6.07) is 5.10. The lowest BCUT2D eigenvalue weighted by Gasteiger charge is -2.12. The first-order valence-electron chi connectivity index (χ1n) is 7.68. The molecule has 9 nitrogen and oxygen atoms in total. The first kappa shape index (κ1) is 19.0. The maximum absolute atomic E-state index is 12.2. The highest BCUT2D eigenvalue weighted by Crippen LogP contribution is 2.12. The van der Waals surface area contributed by atoms with Gasteiger partial charge in [0, 0.05) is 31.6 Å². The fourth-order valence-corrected chi connectivity index (χ4v) is 3.39. The van der Waals surface area contributed by atoms with E-state index in [1.54, 1.807) is 18.7 Å². The Balaban J connectivity index is 2.02. The predicted octanol–water partition coefficient (Wildman–Crippen LogP) is -0.553. The van der Waals surface area contributed by atoms with Gasteiger partial charge in [0.25, 0.3) is 5.91 Å². The van der Waals surface area contributed by atoms with Crippen molar-refractivity contribution in [3.63, 3.8) is 0 Å². The van der Waals surface area contributed by atoms with Crippen molar-refractivity contribution in [2.24, 2.45) is 7.05 Å². The standard InChI is InChI=1S/C15H21N5O4S/c1-11(9-21)19-25(23,24)13-5-3-4-12(8-13)15(22)16-7-6-14-17-10-18-20(14)2/h3-5,8,10-11,19,21H,6-7,9H2,1-2H3,(H,16,22)/t11-/m1/s1. The molecule has 0 saturated carbocycles. The fraction of sp³-hybridized carbons (Fsp3) is 0.400. The molecule has 0 radical (unpaired) electrons. The minimum Gasteiger partial charge on any atom is -0.395 e. The number of aryl methyl sites for hydroxylation is 1. The predicted molar refractivity (Wildman–Crippen MR) is 90.4 cm³/mol. The van der Waals surface area contributed by atoms with Crippen LogP contribution >= 0.6 is 0 Å². The molecular weight excluding hydrogens is 346 g/mol. The minimum absolute atomic E-state index is 0.0336. The lowest BCUT2D eigenvalue weighted by molar-refractivity contribution is 0.0953. The van der Waals surface area contributed by atoms with Crippen LogP contribution < -0.4 is 10.0 Å². The van der Waals surface area contributed by atoms with Gasteiger partial charge < -0.3 is 10.4 Å². The second-order valence-corrected chi connectivity index (χ2v) is 7.25. The van der Waals surface area contributed by atoms with E-state index in [2.05, 4.69) is 20.1 Å². The minimum atomic E-state index is -3.80. The van der Waals surface area contributed by atoms with Crippen LogP contribution in [-0.2, 0) is 23.5 Å². The monoisotopic (exact) mass is 367 g/mol. The number of carbonyl (C=O) groups is 1. The Kier molecular flexibility index (Phi) is 6.23. The molecule has 0 aliphatic carbocycles. The smallest absolute Gasteiger partial charge is 0.251 e. The van der Waals surface area contributed by atoms with Crippen LogP contribution in [0.4, 0.5) is 0 Å². The van der Waals surface area contributed by atoms with Crippen LogP contribution in [0.2, 0.25) is 0 Å². The van der Waals surface area contributed by atoms with E-state index in [-0.39, 0.29) is 23.0 Å². The van der Waals surface area contributed by atoms with Crippen LogP contribution in [0.25, 0.3) is 0 Å². The fourth-order valence-electron chi connectivity index (χ4n) is 2.11. The lowest BCUT2D eigenvalue weighted by Crippen LogP contribution is -2.35.